The molecule has 0 spiro atoms. The lowest BCUT2D eigenvalue weighted by Crippen LogP contribution is -1.92. The van der Waals surface area contributed by atoms with Crippen LogP contribution in [0.25, 0.3) is 11.0 Å². The zero-order valence-corrected chi connectivity index (χ0v) is 8.58. The highest BCUT2D eigenvalue weighted by Gasteiger charge is 2.02. The average Bonchev–Trinajstić information content (AvgIpc) is 2.48. The Balaban J connectivity index is 2.46. The summed E-state index contributed by atoms with van der Waals surface area (Å²) in [7, 11) is 0. The Bertz CT molecular complexity index is 406. The highest BCUT2D eigenvalue weighted by Crippen LogP contribution is 2.20. The van der Waals surface area contributed by atoms with Gasteiger partial charge in [0.1, 0.15) is 6.33 Å². The van der Waals surface area contributed by atoms with Crippen LogP contribution in [0.1, 0.15) is 13.8 Å². The molecule has 3 heteroatoms. The molecule has 0 fully saturated rings. The first-order chi connectivity index (χ1) is 6.27. The Labute approximate surface area is 82.1 Å². The molecule has 0 amide bonds. The quantitative estimate of drug-likeness (QED) is 0.728. The molecule has 0 aliphatic rings. The van der Waals surface area contributed by atoms with Crippen LogP contribution in [-0.2, 0) is 0 Å². The minimum Gasteiger partial charge on any atom is -0.272 e. The Morgan fingerprint density at radius 2 is 2.08 bits per heavy atom. The standard InChI is InChI=1S/C10H12N2S/c1-8(2)13-12-7-11-9-5-3-4-6-10(9)12/h3-8H,1-2H3. The summed E-state index contributed by atoms with van der Waals surface area (Å²) < 4.78 is 2.12. The molecule has 13 heavy (non-hydrogen) atoms. The number of hydrogen-bond acceptors (Lipinski definition) is 2. The molecule has 1 aromatic heterocycles. The number of rotatable bonds is 2. The van der Waals surface area contributed by atoms with E-state index in [1.54, 1.807) is 11.9 Å². The molecule has 1 aromatic carbocycles. The van der Waals surface area contributed by atoms with Crippen molar-refractivity contribution in [2.75, 3.05) is 0 Å². The second-order valence-electron chi connectivity index (χ2n) is 3.21. The number of nitrogens with zero attached hydrogens (tertiary/aromatic N) is 2. The monoisotopic (exact) mass is 192 g/mol. The summed E-state index contributed by atoms with van der Waals surface area (Å²) >= 11 is 1.79. The normalized spacial score (nSPS) is 11.3. The summed E-state index contributed by atoms with van der Waals surface area (Å²) in [6.07, 6.45) is 1.88. The van der Waals surface area contributed by atoms with Crippen LogP contribution in [0.2, 0.25) is 0 Å². The number of hydrogen-bond donors (Lipinski definition) is 0. The molecule has 0 N–H and O–H groups in total. The van der Waals surface area contributed by atoms with Crippen LogP contribution in [0, 0.1) is 0 Å². The van der Waals surface area contributed by atoms with Gasteiger partial charge in [-0.25, -0.2) is 4.98 Å². The lowest BCUT2D eigenvalue weighted by atomic mass is 10.3. The van der Waals surface area contributed by atoms with Crippen molar-refractivity contribution in [2.45, 2.75) is 19.1 Å². The lowest BCUT2D eigenvalue weighted by Gasteiger charge is -2.04. The highest BCUT2D eigenvalue weighted by atomic mass is 32.2. The van der Waals surface area contributed by atoms with Crippen molar-refractivity contribution < 1.29 is 0 Å². The van der Waals surface area contributed by atoms with Crippen LogP contribution >= 0.6 is 11.9 Å². The zero-order valence-electron chi connectivity index (χ0n) is 7.77. The third-order valence-electron chi connectivity index (χ3n) is 1.75. The molecule has 2 nitrogen and oxygen atoms in total. The van der Waals surface area contributed by atoms with Crippen molar-refractivity contribution in [1.29, 1.82) is 0 Å². The fraction of sp³-hybridized carbons (Fsp3) is 0.300. The van der Waals surface area contributed by atoms with Crippen LogP contribution in [0.3, 0.4) is 0 Å². The molecule has 0 bridgehead atoms. The molecule has 1 heterocycles. The first kappa shape index (κ1) is 8.63. The Morgan fingerprint density at radius 1 is 1.31 bits per heavy atom. The second-order valence-corrected chi connectivity index (χ2v) is 4.76. The van der Waals surface area contributed by atoms with E-state index in [-0.39, 0.29) is 0 Å². The highest BCUT2D eigenvalue weighted by molar-refractivity contribution is 7.98. The van der Waals surface area contributed by atoms with E-state index >= 15 is 0 Å². The van der Waals surface area contributed by atoms with Crippen LogP contribution in [0.5, 0.6) is 0 Å². The van der Waals surface area contributed by atoms with E-state index in [0.717, 1.165) is 5.52 Å². The number of aromatic nitrogens is 2. The molecular formula is C10H12N2S. The second kappa shape index (κ2) is 3.42. The van der Waals surface area contributed by atoms with E-state index in [0.29, 0.717) is 5.25 Å². The summed E-state index contributed by atoms with van der Waals surface area (Å²) in [6.45, 7) is 4.36. The molecule has 0 atom stereocenters. The van der Waals surface area contributed by atoms with Crippen LogP contribution in [0.4, 0.5) is 0 Å². The minimum atomic E-state index is 0.581. The third kappa shape index (κ3) is 1.70. The number of fused-ring (bicyclic) bond motifs is 1. The molecule has 0 aliphatic heterocycles. The fourth-order valence-corrected chi connectivity index (χ4v) is 2.07. The van der Waals surface area contributed by atoms with Gasteiger partial charge in [-0.05, 0) is 24.1 Å². The van der Waals surface area contributed by atoms with E-state index in [2.05, 4.69) is 28.9 Å². The maximum absolute atomic E-state index is 4.31. The molecule has 2 aromatic rings. The maximum Gasteiger partial charge on any atom is 0.106 e. The van der Waals surface area contributed by atoms with E-state index in [9.17, 15) is 0 Å². The van der Waals surface area contributed by atoms with E-state index in [4.69, 9.17) is 0 Å². The largest absolute Gasteiger partial charge is 0.272 e. The minimum absolute atomic E-state index is 0.581. The van der Waals surface area contributed by atoms with Crippen molar-refractivity contribution in [3.8, 4) is 0 Å². The topological polar surface area (TPSA) is 17.8 Å². The summed E-state index contributed by atoms with van der Waals surface area (Å²) in [5.74, 6) is 0. The lowest BCUT2D eigenvalue weighted by molar-refractivity contribution is 1.09. The van der Waals surface area contributed by atoms with Gasteiger partial charge in [0.2, 0.25) is 0 Å². The zero-order chi connectivity index (χ0) is 9.26. The molecule has 0 unspecified atom stereocenters. The summed E-state index contributed by atoms with van der Waals surface area (Å²) in [5.41, 5.74) is 2.26. The van der Waals surface area contributed by atoms with Gasteiger partial charge in [0.05, 0.1) is 11.0 Å². The van der Waals surface area contributed by atoms with Crippen molar-refractivity contribution in [3.05, 3.63) is 30.6 Å². The molecule has 0 saturated carbocycles. The molecule has 2 rings (SSSR count). The predicted octanol–water partition coefficient (Wildman–Crippen LogP) is 2.94. The smallest absolute Gasteiger partial charge is 0.106 e. The van der Waals surface area contributed by atoms with Crippen LogP contribution < -0.4 is 0 Å². The van der Waals surface area contributed by atoms with Gasteiger partial charge in [-0.15, -0.1) is 0 Å². The average molecular weight is 192 g/mol. The first-order valence-electron chi connectivity index (χ1n) is 4.36. The third-order valence-corrected chi connectivity index (χ3v) is 2.68. The van der Waals surface area contributed by atoms with Gasteiger partial charge in [-0.1, -0.05) is 26.0 Å². The van der Waals surface area contributed by atoms with Crippen molar-refractivity contribution in [1.82, 2.24) is 8.96 Å². The van der Waals surface area contributed by atoms with Crippen molar-refractivity contribution >= 4 is 23.0 Å². The molecule has 0 radical (unpaired) electrons. The van der Waals surface area contributed by atoms with E-state index in [1.807, 2.05) is 24.5 Å². The fourth-order valence-electron chi connectivity index (χ4n) is 1.25. The van der Waals surface area contributed by atoms with Gasteiger partial charge in [0.15, 0.2) is 0 Å². The van der Waals surface area contributed by atoms with Gasteiger partial charge < -0.3 is 0 Å². The van der Waals surface area contributed by atoms with Gasteiger partial charge in [0.25, 0.3) is 0 Å². The van der Waals surface area contributed by atoms with Crippen LogP contribution in [0.15, 0.2) is 30.6 Å². The summed E-state index contributed by atoms with van der Waals surface area (Å²) in [4.78, 5) is 4.31. The van der Waals surface area contributed by atoms with Gasteiger partial charge in [0, 0.05) is 5.25 Å². The van der Waals surface area contributed by atoms with E-state index in [1.165, 1.54) is 5.52 Å². The van der Waals surface area contributed by atoms with Gasteiger partial charge in [-0.3, -0.25) is 3.97 Å². The molecule has 0 aliphatic carbocycles. The molecular weight excluding hydrogens is 180 g/mol. The Morgan fingerprint density at radius 3 is 2.85 bits per heavy atom. The Kier molecular flexibility index (Phi) is 2.27. The summed E-state index contributed by atoms with van der Waals surface area (Å²) in [5, 5.41) is 0.581. The first-order valence-corrected chi connectivity index (χ1v) is 5.20. The number of para-hydroxylation sites is 2. The van der Waals surface area contributed by atoms with Gasteiger partial charge in [-0.2, -0.15) is 0 Å². The number of benzene rings is 1. The van der Waals surface area contributed by atoms with Crippen LogP contribution in [-0.4, -0.2) is 14.2 Å². The maximum atomic E-state index is 4.31. The number of imidazole rings is 1. The van der Waals surface area contributed by atoms with Crippen molar-refractivity contribution in [3.63, 3.8) is 0 Å². The van der Waals surface area contributed by atoms with E-state index < -0.39 is 0 Å². The van der Waals surface area contributed by atoms with Gasteiger partial charge >= 0.3 is 0 Å². The van der Waals surface area contributed by atoms with Crippen molar-refractivity contribution in [2.24, 2.45) is 0 Å². The molecule has 0 saturated heterocycles. The molecule has 68 valence electrons. The SMILES string of the molecule is CC(C)Sn1cnc2ccccc21. The Hall–Kier alpha value is -0.960. The summed E-state index contributed by atoms with van der Waals surface area (Å²) in [6, 6.07) is 8.19. The predicted molar refractivity (Wildman–Crippen MR) is 57.9 cm³/mol.